The van der Waals surface area contributed by atoms with Crippen molar-refractivity contribution in [3.05, 3.63) is 109 Å². The number of unbranched alkanes of at least 4 members (excludes halogenated alkanes) is 21. The topological polar surface area (TPSA) is 78.9 Å². The Morgan fingerprint density at radius 3 is 0.913 bits per heavy atom. The van der Waals surface area contributed by atoms with Crippen LogP contribution in [-0.4, -0.2) is 37.2 Å². The van der Waals surface area contributed by atoms with E-state index in [0.29, 0.717) is 19.3 Å². The van der Waals surface area contributed by atoms with E-state index in [-0.39, 0.29) is 37.5 Å². The zero-order chi connectivity index (χ0) is 50.0. The second kappa shape index (κ2) is 56.7. The number of allylic oxidation sites excluding steroid dienone is 18. The predicted molar refractivity (Wildman–Crippen MR) is 297 cm³/mol. The predicted octanol–water partition coefficient (Wildman–Crippen LogP) is 19.1. The molecule has 6 heteroatoms. The van der Waals surface area contributed by atoms with Gasteiger partial charge < -0.3 is 14.2 Å². The van der Waals surface area contributed by atoms with Crippen molar-refractivity contribution in [3.63, 3.8) is 0 Å². The van der Waals surface area contributed by atoms with Gasteiger partial charge in [-0.25, -0.2) is 0 Å². The molecule has 0 bridgehead atoms. The van der Waals surface area contributed by atoms with Crippen LogP contribution < -0.4 is 0 Å². The Bertz CT molecular complexity index is 1420. The number of rotatable bonds is 50. The van der Waals surface area contributed by atoms with E-state index >= 15 is 0 Å². The molecule has 0 saturated heterocycles. The van der Waals surface area contributed by atoms with Crippen LogP contribution in [0.4, 0.5) is 0 Å². The van der Waals surface area contributed by atoms with E-state index in [4.69, 9.17) is 14.2 Å². The lowest BCUT2D eigenvalue weighted by Gasteiger charge is -2.18. The first-order valence-electron chi connectivity index (χ1n) is 28.4. The Balaban J connectivity index is 4.04. The van der Waals surface area contributed by atoms with Crippen LogP contribution in [0.25, 0.3) is 0 Å². The molecule has 0 radical (unpaired) electrons. The molecule has 1 atom stereocenters. The van der Waals surface area contributed by atoms with Gasteiger partial charge in [-0.1, -0.05) is 239 Å². The summed E-state index contributed by atoms with van der Waals surface area (Å²) in [6, 6.07) is 0. The molecule has 0 amide bonds. The fourth-order valence-corrected chi connectivity index (χ4v) is 7.58. The van der Waals surface area contributed by atoms with E-state index in [2.05, 4.69) is 130 Å². The van der Waals surface area contributed by atoms with E-state index in [1.165, 1.54) is 83.5 Å². The Kier molecular flexibility index (Phi) is 53.4. The van der Waals surface area contributed by atoms with Crippen molar-refractivity contribution in [2.75, 3.05) is 13.2 Å². The van der Waals surface area contributed by atoms with Gasteiger partial charge in [0.25, 0.3) is 0 Å². The van der Waals surface area contributed by atoms with Crippen LogP contribution in [0.15, 0.2) is 109 Å². The lowest BCUT2D eigenvalue weighted by atomic mass is 10.0. The molecule has 0 rings (SSSR count). The summed E-state index contributed by atoms with van der Waals surface area (Å²) in [5.41, 5.74) is 0. The van der Waals surface area contributed by atoms with Crippen LogP contribution >= 0.6 is 0 Å². The molecule has 0 aliphatic carbocycles. The highest BCUT2D eigenvalue weighted by Gasteiger charge is 2.19. The maximum atomic E-state index is 12.7. The summed E-state index contributed by atoms with van der Waals surface area (Å²) in [5.74, 6) is -0.952. The van der Waals surface area contributed by atoms with E-state index in [0.717, 1.165) is 122 Å². The van der Waals surface area contributed by atoms with E-state index in [9.17, 15) is 14.4 Å². The maximum absolute atomic E-state index is 12.7. The molecule has 0 aromatic heterocycles. The van der Waals surface area contributed by atoms with Gasteiger partial charge >= 0.3 is 17.9 Å². The van der Waals surface area contributed by atoms with Crippen molar-refractivity contribution in [1.82, 2.24) is 0 Å². The van der Waals surface area contributed by atoms with Crippen LogP contribution in [0.2, 0.25) is 0 Å². The quantitative estimate of drug-likeness (QED) is 0.0262. The monoisotopic (exact) mass is 957 g/mol. The normalized spacial score (nSPS) is 12.9. The highest BCUT2D eigenvalue weighted by molar-refractivity contribution is 5.71. The second-order valence-electron chi connectivity index (χ2n) is 18.4. The summed E-state index contributed by atoms with van der Waals surface area (Å²) < 4.78 is 16.7. The first-order valence-corrected chi connectivity index (χ1v) is 28.4. The highest BCUT2D eigenvalue weighted by Crippen LogP contribution is 2.15. The first-order chi connectivity index (χ1) is 34.0. The molecule has 0 fully saturated rings. The number of ether oxygens (including phenoxy) is 3. The number of hydrogen-bond donors (Lipinski definition) is 0. The van der Waals surface area contributed by atoms with Crippen LogP contribution in [0, 0.1) is 0 Å². The Morgan fingerprint density at radius 2 is 0.565 bits per heavy atom. The zero-order valence-corrected chi connectivity index (χ0v) is 44.8. The minimum atomic E-state index is -0.795. The third-order valence-corrected chi connectivity index (χ3v) is 11.8. The molecule has 1 unspecified atom stereocenters. The number of carbonyl (C=O) groups is 3. The number of carbonyl (C=O) groups excluding carboxylic acids is 3. The average molecular weight is 958 g/mol. The Labute approximate surface area is 425 Å². The van der Waals surface area contributed by atoms with Gasteiger partial charge in [-0.05, 0) is 103 Å². The maximum Gasteiger partial charge on any atom is 0.306 e. The molecule has 0 heterocycles. The fraction of sp³-hybridized carbons (Fsp3) is 0.667. The van der Waals surface area contributed by atoms with Gasteiger partial charge in [0.1, 0.15) is 13.2 Å². The van der Waals surface area contributed by atoms with Gasteiger partial charge in [-0.2, -0.15) is 0 Å². The SMILES string of the molecule is CC/C=C\C/C=C\C/C=C\C/C=C\C/C=C\CCCCCCCCCCCCCCCCCC(=O)OCC(COC(=O)CCCCCCC)OC(=O)CCCC/C=C\C/C=C\C/C=C\C/C=C\CC. The van der Waals surface area contributed by atoms with Crippen molar-refractivity contribution >= 4 is 17.9 Å². The molecule has 0 aromatic rings. The lowest BCUT2D eigenvalue weighted by Crippen LogP contribution is -2.30. The van der Waals surface area contributed by atoms with Gasteiger partial charge in [0, 0.05) is 19.3 Å². The smallest absolute Gasteiger partial charge is 0.306 e. The van der Waals surface area contributed by atoms with Gasteiger partial charge in [-0.15, -0.1) is 0 Å². The van der Waals surface area contributed by atoms with Crippen molar-refractivity contribution in [2.45, 2.75) is 258 Å². The molecule has 0 saturated carbocycles. The summed E-state index contributed by atoms with van der Waals surface area (Å²) in [6.45, 7) is 6.29. The molecule has 6 nitrogen and oxygen atoms in total. The summed E-state index contributed by atoms with van der Waals surface area (Å²) in [7, 11) is 0. The summed E-state index contributed by atoms with van der Waals surface area (Å²) in [6.07, 6.45) is 77.1. The highest BCUT2D eigenvalue weighted by atomic mass is 16.6. The molecular formula is C63H104O6. The fourth-order valence-electron chi connectivity index (χ4n) is 7.58. The molecule has 0 spiro atoms. The van der Waals surface area contributed by atoms with Gasteiger partial charge in [0.2, 0.25) is 0 Å². The Morgan fingerprint density at radius 1 is 0.304 bits per heavy atom. The molecule has 69 heavy (non-hydrogen) atoms. The van der Waals surface area contributed by atoms with Crippen molar-refractivity contribution in [3.8, 4) is 0 Å². The molecule has 0 aromatic carbocycles. The van der Waals surface area contributed by atoms with Crippen molar-refractivity contribution < 1.29 is 28.6 Å². The summed E-state index contributed by atoms with van der Waals surface area (Å²) >= 11 is 0. The lowest BCUT2D eigenvalue weighted by molar-refractivity contribution is -0.167. The van der Waals surface area contributed by atoms with E-state index < -0.39 is 6.10 Å². The van der Waals surface area contributed by atoms with Gasteiger partial charge in [0.15, 0.2) is 6.10 Å². The summed E-state index contributed by atoms with van der Waals surface area (Å²) in [4.78, 5) is 37.7. The molecular weight excluding hydrogens is 853 g/mol. The van der Waals surface area contributed by atoms with E-state index in [1.807, 2.05) is 0 Å². The van der Waals surface area contributed by atoms with Crippen molar-refractivity contribution in [2.24, 2.45) is 0 Å². The van der Waals surface area contributed by atoms with E-state index in [1.54, 1.807) is 0 Å². The Hall–Kier alpha value is -3.93. The molecule has 0 aliphatic heterocycles. The van der Waals surface area contributed by atoms with Gasteiger partial charge in [0.05, 0.1) is 0 Å². The van der Waals surface area contributed by atoms with Crippen LogP contribution in [0.5, 0.6) is 0 Å². The van der Waals surface area contributed by atoms with Gasteiger partial charge in [-0.3, -0.25) is 14.4 Å². The third kappa shape index (κ3) is 54.9. The molecule has 0 N–H and O–H groups in total. The molecule has 0 aliphatic rings. The average Bonchev–Trinajstić information content (AvgIpc) is 3.35. The largest absolute Gasteiger partial charge is 0.462 e. The van der Waals surface area contributed by atoms with Crippen LogP contribution in [-0.2, 0) is 28.6 Å². The third-order valence-electron chi connectivity index (χ3n) is 11.8. The first kappa shape index (κ1) is 65.1. The zero-order valence-electron chi connectivity index (χ0n) is 44.8. The number of hydrogen-bond acceptors (Lipinski definition) is 6. The number of esters is 3. The van der Waals surface area contributed by atoms with Crippen LogP contribution in [0.3, 0.4) is 0 Å². The second-order valence-corrected chi connectivity index (χ2v) is 18.4. The van der Waals surface area contributed by atoms with Crippen molar-refractivity contribution in [1.29, 1.82) is 0 Å². The standard InChI is InChI=1S/C63H104O6/c1-4-7-10-13-15-17-19-21-23-24-25-26-27-28-29-30-31-32-33-34-35-36-37-38-40-41-43-45-47-50-53-56-62(65)68-59-60(58-67-61(64)55-52-49-12-9-6-3)69-63(66)57-54-51-48-46-44-42-39-22-20-18-16-14-11-8-5-2/h7-8,10-11,15-18,21-23,25-26,28-29,39,44,46,60H,4-6,9,12-14,19-20,24,27,30-38,40-43,45,47-59H2,1-3H3/b10-7-,11-8-,17-15-,18-16-,23-21-,26-25-,29-28-,39-22-,46-44-. The van der Waals surface area contributed by atoms with Crippen LogP contribution in [0.1, 0.15) is 252 Å². The minimum absolute atomic E-state index is 0.0945. The molecule has 392 valence electrons. The minimum Gasteiger partial charge on any atom is -0.462 e. The summed E-state index contributed by atoms with van der Waals surface area (Å²) in [5, 5.41) is 0.